The topological polar surface area (TPSA) is 65.8 Å². The predicted octanol–water partition coefficient (Wildman–Crippen LogP) is 3.01. The number of fused-ring (bicyclic) bond motifs is 3. The molecule has 1 aliphatic rings. The van der Waals surface area contributed by atoms with E-state index in [9.17, 15) is 4.79 Å². The number of nitrogens with zero attached hydrogens (tertiary/aromatic N) is 5. The molecule has 1 amide bonds. The maximum absolute atomic E-state index is 12.6. The van der Waals surface area contributed by atoms with Crippen molar-refractivity contribution in [3.05, 3.63) is 40.8 Å². The Balaban J connectivity index is 1.31. The molecule has 1 N–H and O–H groups in total. The number of likely N-dealkylation sites (N-methyl/N-ethyl adjacent to an activating group) is 1. The van der Waals surface area contributed by atoms with Crippen molar-refractivity contribution in [3.8, 4) is 0 Å². The van der Waals surface area contributed by atoms with E-state index in [1.54, 1.807) is 17.5 Å². The summed E-state index contributed by atoms with van der Waals surface area (Å²) in [6.45, 7) is 4.03. The summed E-state index contributed by atoms with van der Waals surface area (Å²) in [6, 6.07) is 5.78. The molecule has 1 aliphatic heterocycles. The van der Waals surface area contributed by atoms with Gasteiger partial charge in [-0.15, -0.1) is 22.7 Å². The van der Waals surface area contributed by atoms with E-state index in [0.29, 0.717) is 10.6 Å². The van der Waals surface area contributed by atoms with Crippen LogP contribution < -0.4 is 10.2 Å². The number of nitrogens with one attached hydrogen (secondary N) is 1. The zero-order valence-corrected chi connectivity index (χ0v) is 16.4. The molecule has 4 aromatic rings. The Hall–Kier alpha value is -2.49. The Bertz CT molecular complexity index is 1100. The Labute approximate surface area is 163 Å². The van der Waals surface area contributed by atoms with Crippen LogP contribution in [0.4, 0.5) is 11.5 Å². The number of piperazine rings is 1. The van der Waals surface area contributed by atoms with Crippen LogP contribution in [0.5, 0.6) is 0 Å². The van der Waals surface area contributed by atoms with E-state index in [1.165, 1.54) is 11.3 Å². The van der Waals surface area contributed by atoms with E-state index in [4.69, 9.17) is 0 Å². The molecule has 0 unspecified atom stereocenters. The molecule has 7 nitrogen and oxygen atoms in total. The van der Waals surface area contributed by atoms with E-state index >= 15 is 0 Å². The Morgan fingerprint density at radius 1 is 1.22 bits per heavy atom. The highest BCUT2D eigenvalue weighted by atomic mass is 32.1. The maximum atomic E-state index is 12.6. The quantitative estimate of drug-likeness (QED) is 0.575. The van der Waals surface area contributed by atoms with Crippen molar-refractivity contribution >= 4 is 55.4 Å². The van der Waals surface area contributed by atoms with Crippen LogP contribution >= 0.6 is 22.7 Å². The van der Waals surface area contributed by atoms with Gasteiger partial charge >= 0.3 is 0 Å². The van der Waals surface area contributed by atoms with E-state index in [-0.39, 0.29) is 5.91 Å². The van der Waals surface area contributed by atoms with E-state index < -0.39 is 0 Å². The standard InChI is InChI=1S/C18H18N6OS2/c1-22-4-6-23(7-5-22)15-3-2-12(11-19-15)20-16(25)14-10-13-17(27-14)21-18-24(13)8-9-26-18/h2-3,8-11H,4-7H2,1H3,(H,20,25). The zero-order valence-electron chi connectivity index (χ0n) is 14.8. The first-order valence-corrected chi connectivity index (χ1v) is 10.4. The number of hydrogen-bond acceptors (Lipinski definition) is 7. The van der Waals surface area contributed by atoms with Crippen molar-refractivity contribution in [1.82, 2.24) is 19.3 Å². The summed E-state index contributed by atoms with van der Waals surface area (Å²) >= 11 is 3.00. The fraction of sp³-hybridized carbons (Fsp3) is 0.278. The van der Waals surface area contributed by atoms with Gasteiger partial charge in [-0.05, 0) is 25.2 Å². The lowest BCUT2D eigenvalue weighted by molar-refractivity contribution is 0.103. The normalized spacial score (nSPS) is 15.7. The molecule has 138 valence electrons. The molecule has 1 fully saturated rings. The van der Waals surface area contributed by atoms with Gasteiger partial charge in [-0.2, -0.15) is 0 Å². The van der Waals surface area contributed by atoms with Crippen molar-refractivity contribution in [2.24, 2.45) is 0 Å². The lowest BCUT2D eigenvalue weighted by Gasteiger charge is -2.33. The fourth-order valence-corrected chi connectivity index (χ4v) is 4.93. The van der Waals surface area contributed by atoms with Crippen molar-refractivity contribution in [2.75, 3.05) is 43.4 Å². The van der Waals surface area contributed by atoms with Crippen LogP contribution in [-0.4, -0.2) is 58.4 Å². The molecule has 9 heteroatoms. The number of hydrogen-bond donors (Lipinski definition) is 1. The first-order valence-electron chi connectivity index (χ1n) is 8.73. The minimum atomic E-state index is -0.129. The van der Waals surface area contributed by atoms with Gasteiger partial charge in [-0.25, -0.2) is 9.97 Å². The van der Waals surface area contributed by atoms with Crippen molar-refractivity contribution in [1.29, 1.82) is 0 Å². The number of carbonyl (C=O) groups is 1. The molecule has 0 saturated carbocycles. The van der Waals surface area contributed by atoms with Gasteiger partial charge in [0, 0.05) is 37.8 Å². The minimum Gasteiger partial charge on any atom is -0.354 e. The number of pyridine rings is 1. The van der Waals surface area contributed by atoms with Crippen LogP contribution in [0, 0.1) is 0 Å². The van der Waals surface area contributed by atoms with Gasteiger partial charge in [0.15, 0.2) is 4.96 Å². The summed E-state index contributed by atoms with van der Waals surface area (Å²) in [5.41, 5.74) is 1.68. The third-order valence-corrected chi connectivity index (χ3v) is 6.57. The van der Waals surface area contributed by atoms with Crippen molar-refractivity contribution in [2.45, 2.75) is 0 Å². The number of amides is 1. The largest absolute Gasteiger partial charge is 0.354 e. The maximum Gasteiger partial charge on any atom is 0.265 e. The van der Waals surface area contributed by atoms with Crippen LogP contribution in [0.1, 0.15) is 9.67 Å². The molecule has 0 aromatic carbocycles. The molecule has 5 heterocycles. The summed E-state index contributed by atoms with van der Waals surface area (Å²) in [4.78, 5) is 28.7. The molecular weight excluding hydrogens is 380 g/mol. The van der Waals surface area contributed by atoms with Crippen LogP contribution in [0.15, 0.2) is 36.0 Å². The third kappa shape index (κ3) is 3.07. The number of thiazole rings is 1. The molecule has 0 bridgehead atoms. The molecule has 0 spiro atoms. The molecule has 1 saturated heterocycles. The average molecular weight is 399 g/mol. The highest BCUT2D eigenvalue weighted by Crippen LogP contribution is 2.28. The van der Waals surface area contributed by atoms with Gasteiger partial charge in [0.1, 0.15) is 10.6 Å². The average Bonchev–Trinajstić information content (AvgIpc) is 3.35. The predicted molar refractivity (Wildman–Crippen MR) is 110 cm³/mol. The molecule has 0 aliphatic carbocycles. The second kappa shape index (κ2) is 6.59. The molecule has 0 atom stereocenters. The van der Waals surface area contributed by atoms with Crippen LogP contribution in [0.3, 0.4) is 0 Å². The highest BCUT2D eigenvalue weighted by molar-refractivity contribution is 7.21. The van der Waals surface area contributed by atoms with Crippen LogP contribution in [0.2, 0.25) is 0 Å². The second-order valence-electron chi connectivity index (χ2n) is 6.62. The van der Waals surface area contributed by atoms with Gasteiger partial charge in [-0.1, -0.05) is 0 Å². The number of carbonyl (C=O) groups excluding carboxylic acids is 1. The number of imidazole rings is 1. The van der Waals surface area contributed by atoms with Gasteiger partial charge in [-0.3, -0.25) is 9.20 Å². The fourth-order valence-electron chi connectivity index (χ4n) is 3.23. The van der Waals surface area contributed by atoms with Gasteiger partial charge < -0.3 is 15.1 Å². The monoisotopic (exact) mass is 398 g/mol. The number of thiophene rings is 1. The Morgan fingerprint density at radius 2 is 2.07 bits per heavy atom. The Morgan fingerprint density at radius 3 is 2.85 bits per heavy atom. The minimum absolute atomic E-state index is 0.129. The molecule has 27 heavy (non-hydrogen) atoms. The summed E-state index contributed by atoms with van der Waals surface area (Å²) in [6.07, 6.45) is 3.70. The van der Waals surface area contributed by atoms with Gasteiger partial charge in [0.05, 0.1) is 22.3 Å². The number of aromatic nitrogens is 3. The molecular formula is C18H18N6OS2. The van der Waals surface area contributed by atoms with E-state index in [0.717, 1.165) is 47.3 Å². The van der Waals surface area contributed by atoms with Crippen molar-refractivity contribution in [3.63, 3.8) is 0 Å². The second-order valence-corrected chi connectivity index (χ2v) is 8.52. The summed E-state index contributed by atoms with van der Waals surface area (Å²) < 4.78 is 2.01. The van der Waals surface area contributed by atoms with E-state index in [1.807, 2.05) is 34.2 Å². The molecule has 4 aromatic heterocycles. The first-order chi connectivity index (χ1) is 13.2. The van der Waals surface area contributed by atoms with Gasteiger partial charge in [0.2, 0.25) is 0 Å². The SMILES string of the molecule is CN1CCN(c2ccc(NC(=O)c3cc4c(nc5sccn54)s3)cn2)CC1. The third-order valence-electron chi connectivity index (χ3n) is 4.80. The lowest BCUT2D eigenvalue weighted by Crippen LogP contribution is -2.44. The molecule has 5 rings (SSSR count). The number of rotatable bonds is 3. The molecule has 0 radical (unpaired) electrons. The summed E-state index contributed by atoms with van der Waals surface area (Å²) in [5.74, 6) is 0.826. The Kier molecular flexibility index (Phi) is 4.07. The summed E-state index contributed by atoms with van der Waals surface area (Å²) in [7, 11) is 2.13. The lowest BCUT2D eigenvalue weighted by atomic mass is 10.3. The van der Waals surface area contributed by atoms with Crippen LogP contribution in [0.25, 0.3) is 15.3 Å². The van der Waals surface area contributed by atoms with Gasteiger partial charge in [0.25, 0.3) is 5.91 Å². The number of anilines is 2. The summed E-state index contributed by atoms with van der Waals surface area (Å²) in [5, 5.41) is 4.93. The highest BCUT2D eigenvalue weighted by Gasteiger charge is 2.17. The van der Waals surface area contributed by atoms with Crippen LogP contribution in [-0.2, 0) is 0 Å². The zero-order chi connectivity index (χ0) is 18.4. The smallest absolute Gasteiger partial charge is 0.265 e. The van der Waals surface area contributed by atoms with E-state index in [2.05, 4.69) is 32.1 Å². The first kappa shape index (κ1) is 16.7. The van der Waals surface area contributed by atoms with Crippen molar-refractivity contribution < 1.29 is 4.79 Å².